The van der Waals surface area contributed by atoms with Crippen LogP contribution in [0.1, 0.15) is 45.8 Å². The van der Waals surface area contributed by atoms with Gasteiger partial charge in [0.15, 0.2) is 0 Å². The van der Waals surface area contributed by atoms with Crippen molar-refractivity contribution in [2.45, 2.75) is 39.5 Å². The maximum Gasteiger partial charge on any atom is 0.329 e. The van der Waals surface area contributed by atoms with Crippen molar-refractivity contribution in [3.8, 4) is 16.8 Å². The van der Waals surface area contributed by atoms with Crippen LogP contribution >= 0.6 is 11.3 Å². The number of para-hydroxylation sites is 2. The molecule has 1 fully saturated rings. The quantitative estimate of drug-likeness (QED) is 0.362. The molecule has 3 heterocycles. The van der Waals surface area contributed by atoms with Gasteiger partial charge in [-0.3, -0.25) is 9.59 Å². The number of aromatic nitrogens is 1. The molecule has 9 nitrogen and oxygen atoms in total. The number of amides is 4. The standard InChI is InChI=1S/C28H27N5O4S/c1-16-12-18(17(2)33(16)27-20(14-29)19-8-4-7-11-24(19)38-27)13-22-26(35)32(28(36)31-22)15-25(34)30-21-9-5-6-10-23(21)37-3/h5-6,9-10,12-13H,4,7-8,11,15H2,1-3H3,(H,30,34)(H,31,36)/b22-13+. The number of methoxy groups -OCH3 is 1. The van der Waals surface area contributed by atoms with Gasteiger partial charge in [0.2, 0.25) is 5.91 Å². The van der Waals surface area contributed by atoms with E-state index in [2.05, 4.69) is 16.7 Å². The van der Waals surface area contributed by atoms with Crippen LogP contribution in [0.25, 0.3) is 11.1 Å². The molecule has 0 unspecified atom stereocenters. The minimum atomic E-state index is -0.664. The first-order valence-corrected chi connectivity index (χ1v) is 13.2. The fourth-order valence-electron chi connectivity index (χ4n) is 5.02. The number of benzene rings is 1. The van der Waals surface area contributed by atoms with Gasteiger partial charge in [0.1, 0.15) is 29.1 Å². The van der Waals surface area contributed by atoms with E-state index in [0.29, 0.717) is 11.4 Å². The minimum Gasteiger partial charge on any atom is -0.495 e. The lowest BCUT2D eigenvalue weighted by Gasteiger charge is -2.13. The Balaban J connectivity index is 1.38. The Morgan fingerprint density at radius 1 is 1.24 bits per heavy atom. The zero-order valence-electron chi connectivity index (χ0n) is 21.4. The molecule has 0 spiro atoms. The summed E-state index contributed by atoms with van der Waals surface area (Å²) in [6.07, 6.45) is 5.76. The predicted molar refractivity (Wildman–Crippen MR) is 144 cm³/mol. The highest BCUT2D eigenvalue weighted by Crippen LogP contribution is 2.38. The normalized spacial score (nSPS) is 15.8. The van der Waals surface area contributed by atoms with E-state index in [-0.39, 0.29) is 5.70 Å². The third-order valence-electron chi connectivity index (χ3n) is 6.88. The summed E-state index contributed by atoms with van der Waals surface area (Å²) in [6.45, 7) is 3.45. The number of carbonyl (C=O) groups is 3. The van der Waals surface area contributed by atoms with Gasteiger partial charge in [0.05, 0.1) is 18.4 Å². The SMILES string of the molecule is COc1ccccc1NC(=O)CN1C(=O)N/C(=C/c2cc(C)n(-c3sc4c(c3C#N)CCCC4)c2C)C1=O. The lowest BCUT2D eigenvalue weighted by molar-refractivity contribution is -0.127. The van der Waals surface area contributed by atoms with Gasteiger partial charge in [0, 0.05) is 16.3 Å². The van der Waals surface area contributed by atoms with Crippen molar-refractivity contribution < 1.29 is 19.1 Å². The Hall–Kier alpha value is -4.36. The van der Waals surface area contributed by atoms with Gasteiger partial charge in [-0.2, -0.15) is 5.26 Å². The molecule has 2 aromatic heterocycles. The molecule has 2 aliphatic rings. The van der Waals surface area contributed by atoms with Crippen LogP contribution in [0.15, 0.2) is 36.0 Å². The average molecular weight is 530 g/mol. The molecule has 1 aliphatic heterocycles. The van der Waals surface area contributed by atoms with Gasteiger partial charge in [-0.25, -0.2) is 9.69 Å². The molecular formula is C28H27N5O4S. The number of thiophene rings is 1. The number of fused-ring (bicyclic) bond motifs is 1. The van der Waals surface area contributed by atoms with Gasteiger partial charge >= 0.3 is 6.03 Å². The van der Waals surface area contributed by atoms with Gasteiger partial charge < -0.3 is 19.9 Å². The molecule has 194 valence electrons. The maximum absolute atomic E-state index is 13.1. The van der Waals surface area contributed by atoms with Crippen LogP contribution in [0.4, 0.5) is 10.5 Å². The predicted octanol–water partition coefficient (Wildman–Crippen LogP) is 4.45. The highest BCUT2D eigenvalue weighted by atomic mass is 32.1. The zero-order valence-corrected chi connectivity index (χ0v) is 22.2. The van der Waals surface area contributed by atoms with Crippen LogP contribution in [0, 0.1) is 25.2 Å². The van der Waals surface area contributed by atoms with Gasteiger partial charge in [-0.05, 0) is 74.9 Å². The highest BCUT2D eigenvalue weighted by molar-refractivity contribution is 7.15. The molecule has 1 saturated heterocycles. The van der Waals surface area contributed by atoms with Crippen molar-refractivity contribution >= 4 is 40.9 Å². The first kappa shape index (κ1) is 25.3. The second kappa shape index (κ2) is 10.2. The topological polar surface area (TPSA) is 116 Å². The monoisotopic (exact) mass is 529 g/mol. The van der Waals surface area contributed by atoms with Crippen molar-refractivity contribution in [1.29, 1.82) is 5.26 Å². The van der Waals surface area contributed by atoms with E-state index in [1.807, 2.05) is 24.5 Å². The summed E-state index contributed by atoms with van der Waals surface area (Å²) >= 11 is 1.66. The van der Waals surface area contributed by atoms with Crippen molar-refractivity contribution in [3.63, 3.8) is 0 Å². The second-order valence-electron chi connectivity index (χ2n) is 9.29. The molecule has 10 heteroatoms. The summed E-state index contributed by atoms with van der Waals surface area (Å²) in [5.41, 5.74) is 4.96. The molecule has 0 saturated carbocycles. The molecule has 3 aromatic rings. The molecule has 0 radical (unpaired) electrons. The summed E-state index contributed by atoms with van der Waals surface area (Å²) in [4.78, 5) is 40.4. The van der Waals surface area contributed by atoms with Crippen LogP contribution < -0.4 is 15.4 Å². The summed E-state index contributed by atoms with van der Waals surface area (Å²) in [7, 11) is 1.49. The lowest BCUT2D eigenvalue weighted by Crippen LogP contribution is -2.38. The smallest absolute Gasteiger partial charge is 0.329 e. The van der Waals surface area contributed by atoms with E-state index in [0.717, 1.165) is 63.7 Å². The first-order valence-electron chi connectivity index (χ1n) is 12.3. The molecule has 2 N–H and O–H groups in total. The summed E-state index contributed by atoms with van der Waals surface area (Å²) < 4.78 is 7.28. The summed E-state index contributed by atoms with van der Waals surface area (Å²) in [6, 6.07) is 10.6. The Bertz CT molecular complexity index is 1540. The number of hydrogen-bond donors (Lipinski definition) is 2. The van der Waals surface area contributed by atoms with Crippen LogP contribution in [-0.2, 0) is 22.4 Å². The minimum absolute atomic E-state index is 0.0892. The van der Waals surface area contributed by atoms with Crippen LogP contribution in [0.3, 0.4) is 0 Å². The number of aryl methyl sites for hydroxylation is 2. The van der Waals surface area contributed by atoms with E-state index in [9.17, 15) is 19.6 Å². The molecule has 38 heavy (non-hydrogen) atoms. The average Bonchev–Trinajstić information content (AvgIpc) is 3.50. The number of imide groups is 1. The Morgan fingerprint density at radius 3 is 2.76 bits per heavy atom. The van der Waals surface area contributed by atoms with Crippen LogP contribution in [0.5, 0.6) is 5.75 Å². The number of nitrogens with zero attached hydrogens (tertiary/aromatic N) is 3. The van der Waals surface area contributed by atoms with E-state index >= 15 is 0 Å². The largest absolute Gasteiger partial charge is 0.495 e. The third-order valence-corrected chi connectivity index (χ3v) is 8.16. The maximum atomic E-state index is 13.1. The van der Waals surface area contributed by atoms with Crippen molar-refractivity contribution in [2.75, 3.05) is 19.0 Å². The van der Waals surface area contributed by atoms with Crippen LogP contribution in [0.2, 0.25) is 0 Å². The van der Waals surface area contributed by atoms with Crippen molar-refractivity contribution in [1.82, 2.24) is 14.8 Å². The Labute approximate surface area is 224 Å². The molecular weight excluding hydrogens is 502 g/mol. The van der Waals surface area contributed by atoms with Gasteiger partial charge in [-0.1, -0.05) is 12.1 Å². The Morgan fingerprint density at radius 2 is 2.00 bits per heavy atom. The highest BCUT2D eigenvalue weighted by Gasteiger charge is 2.35. The fourth-order valence-corrected chi connectivity index (χ4v) is 6.47. The number of anilines is 1. The summed E-state index contributed by atoms with van der Waals surface area (Å²) in [5, 5.41) is 16.1. The zero-order chi connectivity index (χ0) is 27.0. The number of nitrogens with one attached hydrogen (secondary N) is 2. The molecule has 0 bridgehead atoms. The molecule has 1 aliphatic carbocycles. The van der Waals surface area contributed by atoms with Crippen molar-refractivity contribution in [3.05, 3.63) is 69.0 Å². The lowest BCUT2D eigenvalue weighted by atomic mass is 9.96. The number of carbonyl (C=O) groups excluding carboxylic acids is 3. The number of ether oxygens (including phenoxy) is 1. The molecule has 4 amide bonds. The molecule has 5 rings (SSSR count). The van der Waals surface area contributed by atoms with E-state index in [1.165, 1.54) is 12.0 Å². The van der Waals surface area contributed by atoms with Crippen LogP contribution in [-0.4, -0.2) is 41.0 Å². The fraction of sp³-hybridized carbons (Fsp3) is 0.286. The Kier molecular flexibility index (Phi) is 6.78. The van der Waals surface area contributed by atoms with E-state index < -0.39 is 24.4 Å². The number of hydrogen-bond acceptors (Lipinski definition) is 6. The number of urea groups is 1. The number of nitriles is 1. The molecule has 1 aromatic carbocycles. The van der Waals surface area contributed by atoms with Crippen molar-refractivity contribution in [2.24, 2.45) is 0 Å². The second-order valence-corrected chi connectivity index (χ2v) is 10.4. The van der Waals surface area contributed by atoms with E-state index in [1.54, 1.807) is 41.7 Å². The first-order chi connectivity index (χ1) is 18.3. The van der Waals surface area contributed by atoms with Gasteiger partial charge in [0.25, 0.3) is 5.91 Å². The molecule has 0 atom stereocenters. The van der Waals surface area contributed by atoms with Gasteiger partial charge in [-0.15, -0.1) is 11.3 Å². The van der Waals surface area contributed by atoms with E-state index in [4.69, 9.17) is 4.74 Å². The number of rotatable bonds is 6. The third kappa shape index (κ3) is 4.46. The summed E-state index contributed by atoms with van der Waals surface area (Å²) in [5.74, 6) is -0.637.